The van der Waals surface area contributed by atoms with E-state index in [1.54, 1.807) is 0 Å². The molecule has 0 saturated heterocycles. The SMILES string of the molecule is O=c1[nH]c2ccc(C(Br)CC3CC3)cc2o1. The normalized spacial score (nSPS) is 17.8. The Morgan fingerprint density at radius 2 is 2.31 bits per heavy atom. The number of fused-ring (bicyclic) bond motifs is 1. The second-order valence-electron chi connectivity index (χ2n) is 4.42. The van der Waals surface area contributed by atoms with E-state index in [0.717, 1.165) is 11.4 Å². The number of aromatic amines is 1. The molecule has 1 N–H and O–H groups in total. The Bertz CT molecular complexity index is 568. The first kappa shape index (κ1) is 10.1. The lowest BCUT2D eigenvalue weighted by Crippen LogP contribution is -1.92. The fourth-order valence-electron chi connectivity index (χ4n) is 1.94. The van der Waals surface area contributed by atoms with Crippen LogP contribution in [0.2, 0.25) is 0 Å². The van der Waals surface area contributed by atoms with Crippen LogP contribution in [0, 0.1) is 5.92 Å². The summed E-state index contributed by atoms with van der Waals surface area (Å²) in [5, 5.41) is 0. The number of nitrogens with one attached hydrogen (secondary N) is 1. The third-order valence-electron chi connectivity index (χ3n) is 3.04. The Morgan fingerprint density at radius 1 is 1.50 bits per heavy atom. The Morgan fingerprint density at radius 3 is 3.06 bits per heavy atom. The molecule has 1 unspecified atom stereocenters. The summed E-state index contributed by atoms with van der Waals surface area (Å²) < 4.78 is 5.05. The molecule has 84 valence electrons. The molecule has 1 aliphatic carbocycles. The first-order chi connectivity index (χ1) is 7.72. The van der Waals surface area contributed by atoms with Crippen molar-refractivity contribution < 1.29 is 4.42 Å². The van der Waals surface area contributed by atoms with Crippen LogP contribution < -0.4 is 5.76 Å². The summed E-state index contributed by atoms with van der Waals surface area (Å²) in [6.45, 7) is 0. The second-order valence-corrected chi connectivity index (χ2v) is 5.52. The number of rotatable bonds is 3. The highest BCUT2D eigenvalue weighted by atomic mass is 79.9. The molecule has 0 radical (unpaired) electrons. The third kappa shape index (κ3) is 1.94. The van der Waals surface area contributed by atoms with Gasteiger partial charge in [-0.2, -0.15) is 0 Å². The zero-order valence-electron chi connectivity index (χ0n) is 8.70. The molecule has 1 fully saturated rings. The molecule has 3 nitrogen and oxygen atoms in total. The number of hydrogen-bond acceptors (Lipinski definition) is 2. The lowest BCUT2D eigenvalue weighted by atomic mass is 10.1. The minimum absolute atomic E-state index is 0.365. The van der Waals surface area contributed by atoms with E-state index >= 15 is 0 Å². The van der Waals surface area contributed by atoms with Crippen molar-refractivity contribution >= 4 is 27.0 Å². The second kappa shape index (κ2) is 3.77. The number of H-pyrrole nitrogens is 1. The minimum Gasteiger partial charge on any atom is -0.408 e. The standard InChI is InChI=1S/C12H12BrNO2/c13-9(5-7-1-2-7)8-3-4-10-11(6-8)16-12(15)14-10/h3-4,6-7,9H,1-2,5H2,(H,14,15). The highest BCUT2D eigenvalue weighted by Gasteiger charge is 2.25. The van der Waals surface area contributed by atoms with E-state index in [9.17, 15) is 4.79 Å². The third-order valence-corrected chi connectivity index (χ3v) is 3.95. The van der Waals surface area contributed by atoms with Gasteiger partial charge in [-0.1, -0.05) is 34.8 Å². The molecule has 1 aliphatic rings. The van der Waals surface area contributed by atoms with Crippen LogP contribution in [-0.2, 0) is 0 Å². The lowest BCUT2D eigenvalue weighted by molar-refractivity contribution is 0.555. The molecule has 0 spiro atoms. The fraction of sp³-hybridized carbons (Fsp3) is 0.417. The Hall–Kier alpha value is -1.03. The summed E-state index contributed by atoms with van der Waals surface area (Å²) in [7, 11) is 0. The van der Waals surface area contributed by atoms with Gasteiger partial charge in [0.1, 0.15) is 0 Å². The highest BCUT2D eigenvalue weighted by molar-refractivity contribution is 9.09. The summed E-state index contributed by atoms with van der Waals surface area (Å²) in [5.41, 5.74) is 2.59. The first-order valence-electron chi connectivity index (χ1n) is 5.49. The van der Waals surface area contributed by atoms with Crippen LogP contribution in [0.15, 0.2) is 27.4 Å². The van der Waals surface area contributed by atoms with Crippen molar-refractivity contribution in [1.82, 2.24) is 4.98 Å². The van der Waals surface area contributed by atoms with E-state index in [2.05, 4.69) is 20.9 Å². The van der Waals surface area contributed by atoms with E-state index in [0.29, 0.717) is 10.4 Å². The predicted molar refractivity (Wildman–Crippen MR) is 65.8 cm³/mol. The smallest absolute Gasteiger partial charge is 0.408 e. The molecule has 1 atom stereocenters. The number of oxazole rings is 1. The van der Waals surface area contributed by atoms with Gasteiger partial charge in [-0.3, -0.25) is 4.98 Å². The van der Waals surface area contributed by atoms with Crippen LogP contribution >= 0.6 is 15.9 Å². The Balaban J connectivity index is 1.93. The molecule has 0 aliphatic heterocycles. The molecular formula is C12H12BrNO2. The van der Waals surface area contributed by atoms with Gasteiger partial charge >= 0.3 is 5.76 Å². The van der Waals surface area contributed by atoms with Gasteiger partial charge in [-0.25, -0.2) is 4.79 Å². The monoisotopic (exact) mass is 281 g/mol. The summed E-state index contributed by atoms with van der Waals surface area (Å²) in [4.78, 5) is 14.0. The topological polar surface area (TPSA) is 46.0 Å². The van der Waals surface area contributed by atoms with E-state index < -0.39 is 0 Å². The van der Waals surface area contributed by atoms with Gasteiger partial charge in [0.05, 0.1) is 5.52 Å². The molecule has 1 aromatic heterocycles. The van der Waals surface area contributed by atoms with Crippen molar-refractivity contribution in [2.24, 2.45) is 5.92 Å². The Labute approximate surface area is 101 Å². The van der Waals surface area contributed by atoms with Gasteiger partial charge in [0.15, 0.2) is 5.58 Å². The van der Waals surface area contributed by atoms with Crippen LogP contribution in [-0.4, -0.2) is 4.98 Å². The maximum atomic E-state index is 11.0. The van der Waals surface area contributed by atoms with Gasteiger partial charge in [0.25, 0.3) is 0 Å². The van der Waals surface area contributed by atoms with Crippen molar-refractivity contribution in [1.29, 1.82) is 0 Å². The van der Waals surface area contributed by atoms with Crippen LogP contribution in [0.4, 0.5) is 0 Å². The fourth-order valence-corrected chi connectivity index (χ4v) is 2.75. The first-order valence-corrected chi connectivity index (χ1v) is 6.41. The van der Waals surface area contributed by atoms with E-state index in [-0.39, 0.29) is 5.76 Å². The van der Waals surface area contributed by atoms with Crippen molar-refractivity contribution in [3.8, 4) is 0 Å². The molecule has 2 aromatic rings. The van der Waals surface area contributed by atoms with Crippen molar-refractivity contribution in [3.05, 3.63) is 34.3 Å². The van der Waals surface area contributed by atoms with Gasteiger partial charge in [-0.15, -0.1) is 0 Å². The van der Waals surface area contributed by atoms with Crippen LogP contribution in [0.5, 0.6) is 0 Å². The molecule has 3 rings (SSSR count). The summed E-state index contributed by atoms with van der Waals surface area (Å²) in [6, 6.07) is 5.88. The molecule has 16 heavy (non-hydrogen) atoms. The molecule has 1 aromatic carbocycles. The predicted octanol–water partition coefficient (Wildman–Crippen LogP) is 3.36. The molecule has 0 amide bonds. The summed E-state index contributed by atoms with van der Waals surface area (Å²) in [6.07, 6.45) is 3.87. The van der Waals surface area contributed by atoms with Crippen LogP contribution in [0.25, 0.3) is 11.1 Å². The average molecular weight is 282 g/mol. The number of benzene rings is 1. The lowest BCUT2D eigenvalue weighted by Gasteiger charge is -2.08. The molecular weight excluding hydrogens is 270 g/mol. The Kier molecular flexibility index (Phi) is 2.39. The molecule has 4 heteroatoms. The zero-order chi connectivity index (χ0) is 11.1. The van der Waals surface area contributed by atoms with Gasteiger partial charge in [-0.05, 0) is 30.0 Å². The number of hydrogen-bond donors (Lipinski definition) is 1. The number of alkyl halides is 1. The number of aromatic nitrogens is 1. The van der Waals surface area contributed by atoms with Gasteiger partial charge < -0.3 is 4.42 Å². The van der Waals surface area contributed by atoms with Crippen LogP contribution in [0.3, 0.4) is 0 Å². The van der Waals surface area contributed by atoms with E-state index in [1.807, 2.05) is 18.2 Å². The minimum atomic E-state index is -0.388. The quantitative estimate of drug-likeness (QED) is 0.877. The van der Waals surface area contributed by atoms with Gasteiger partial charge in [0, 0.05) is 4.83 Å². The van der Waals surface area contributed by atoms with Crippen molar-refractivity contribution in [2.75, 3.05) is 0 Å². The van der Waals surface area contributed by atoms with Gasteiger partial charge in [0.2, 0.25) is 0 Å². The summed E-state index contributed by atoms with van der Waals surface area (Å²) in [5.74, 6) is 0.485. The van der Waals surface area contributed by atoms with E-state index in [1.165, 1.54) is 24.8 Å². The average Bonchev–Trinajstić information content (AvgIpc) is 2.96. The van der Waals surface area contributed by atoms with Crippen molar-refractivity contribution in [2.45, 2.75) is 24.1 Å². The molecule has 1 heterocycles. The maximum Gasteiger partial charge on any atom is 0.417 e. The van der Waals surface area contributed by atoms with Crippen LogP contribution in [0.1, 0.15) is 29.7 Å². The number of halogens is 1. The zero-order valence-corrected chi connectivity index (χ0v) is 10.3. The molecule has 0 bridgehead atoms. The highest BCUT2D eigenvalue weighted by Crippen LogP contribution is 2.41. The summed E-state index contributed by atoms with van der Waals surface area (Å²) >= 11 is 3.69. The largest absolute Gasteiger partial charge is 0.417 e. The van der Waals surface area contributed by atoms with Crippen molar-refractivity contribution in [3.63, 3.8) is 0 Å². The maximum absolute atomic E-state index is 11.0. The molecule has 1 saturated carbocycles. The van der Waals surface area contributed by atoms with E-state index in [4.69, 9.17) is 4.42 Å².